The lowest BCUT2D eigenvalue weighted by Crippen LogP contribution is -2.17. The molecule has 0 atom stereocenters. The van der Waals surface area contributed by atoms with Crippen LogP contribution in [0, 0.1) is 5.82 Å². The Labute approximate surface area is 159 Å². The first-order valence-corrected chi connectivity index (χ1v) is 10.2. The number of aromatic nitrogens is 2. The van der Waals surface area contributed by atoms with Crippen LogP contribution in [0.15, 0.2) is 48.5 Å². The summed E-state index contributed by atoms with van der Waals surface area (Å²) in [6.07, 6.45) is 0. The van der Waals surface area contributed by atoms with Gasteiger partial charge in [-0.15, -0.1) is 0 Å². The van der Waals surface area contributed by atoms with E-state index in [0.717, 1.165) is 0 Å². The number of sulfone groups is 1. The minimum atomic E-state index is -3.30. The van der Waals surface area contributed by atoms with Crippen LogP contribution in [0.1, 0.15) is 21.6 Å². The van der Waals surface area contributed by atoms with Crippen LogP contribution >= 0.6 is 11.6 Å². The van der Waals surface area contributed by atoms with E-state index in [0.29, 0.717) is 22.0 Å². The number of rotatable bonds is 3. The molecule has 2 aromatic carbocycles. The molecule has 0 radical (unpaired) electrons. The van der Waals surface area contributed by atoms with Crippen molar-refractivity contribution in [2.45, 2.75) is 11.5 Å². The molecule has 2 heterocycles. The Balaban J connectivity index is 1.78. The molecule has 0 spiro atoms. The van der Waals surface area contributed by atoms with Crippen molar-refractivity contribution in [2.75, 3.05) is 5.32 Å². The number of carbonyl (C=O) groups excluding carboxylic acids is 1. The van der Waals surface area contributed by atoms with Crippen LogP contribution < -0.4 is 5.32 Å². The van der Waals surface area contributed by atoms with Crippen LogP contribution in [0.2, 0.25) is 5.02 Å². The van der Waals surface area contributed by atoms with Gasteiger partial charge < -0.3 is 5.32 Å². The van der Waals surface area contributed by atoms with Crippen LogP contribution in [0.5, 0.6) is 0 Å². The van der Waals surface area contributed by atoms with Gasteiger partial charge in [-0.2, -0.15) is 5.10 Å². The third-order valence-corrected chi connectivity index (χ3v) is 5.86. The summed E-state index contributed by atoms with van der Waals surface area (Å²) in [6, 6.07) is 11.9. The van der Waals surface area contributed by atoms with Gasteiger partial charge in [0.05, 0.1) is 22.9 Å². The van der Waals surface area contributed by atoms with Crippen molar-refractivity contribution in [1.29, 1.82) is 0 Å². The molecule has 9 heteroatoms. The van der Waals surface area contributed by atoms with Gasteiger partial charge in [0.25, 0.3) is 5.91 Å². The van der Waals surface area contributed by atoms with Crippen molar-refractivity contribution in [3.63, 3.8) is 0 Å². The summed E-state index contributed by atoms with van der Waals surface area (Å²) < 4.78 is 38.5. The Morgan fingerprint density at radius 1 is 1.15 bits per heavy atom. The molecule has 1 aliphatic rings. The maximum Gasteiger partial charge on any atom is 0.256 e. The van der Waals surface area contributed by atoms with E-state index in [-0.39, 0.29) is 22.9 Å². The molecule has 0 unspecified atom stereocenters. The zero-order chi connectivity index (χ0) is 19.2. The molecular formula is C18H13ClFN3O3S. The van der Waals surface area contributed by atoms with Gasteiger partial charge in [0.15, 0.2) is 9.84 Å². The van der Waals surface area contributed by atoms with Gasteiger partial charge in [-0.25, -0.2) is 17.5 Å². The summed E-state index contributed by atoms with van der Waals surface area (Å²) >= 11 is 6.04. The zero-order valence-corrected chi connectivity index (χ0v) is 15.4. The summed E-state index contributed by atoms with van der Waals surface area (Å²) in [5.41, 5.74) is 1.67. The Morgan fingerprint density at radius 3 is 2.59 bits per heavy atom. The first-order chi connectivity index (χ1) is 12.8. The normalized spacial score (nSPS) is 14.7. The predicted octanol–water partition coefficient (Wildman–Crippen LogP) is 3.35. The molecule has 27 heavy (non-hydrogen) atoms. The van der Waals surface area contributed by atoms with Crippen molar-refractivity contribution in [3.05, 3.63) is 76.2 Å². The average Bonchev–Trinajstić information content (AvgIpc) is 3.08. The van der Waals surface area contributed by atoms with Gasteiger partial charge in [-0.1, -0.05) is 17.7 Å². The van der Waals surface area contributed by atoms with Crippen LogP contribution in [0.3, 0.4) is 0 Å². The molecule has 0 aliphatic carbocycles. The second-order valence-electron chi connectivity index (χ2n) is 6.16. The molecule has 1 aliphatic heterocycles. The number of benzene rings is 2. The molecule has 3 aromatic rings. The molecule has 1 N–H and O–H groups in total. The van der Waals surface area contributed by atoms with Crippen molar-refractivity contribution < 1.29 is 17.6 Å². The quantitative estimate of drug-likeness (QED) is 0.724. The highest BCUT2D eigenvalue weighted by Gasteiger charge is 2.33. The summed E-state index contributed by atoms with van der Waals surface area (Å²) in [6.45, 7) is 0. The largest absolute Gasteiger partial charge is 0.306 e. The Bertz CT molecular complexity index is 1160. The van der Waals surface area contributed by atoms with E-state index in [1.165, 1.54) is 28.9 Å². The van der Waals surface area contributed by atoms with E-state index in [2.05, 4.69) is 10.4 Å². The van der Waals surface area contributed by atoms with E-state index >= 15 is 0 Å². The van der Waals surface area contributed by atoms with Gasteiger partial charge >= 0.3 is 0 Å². The van der Waals surface area contributed by atoms with E-state index in [1.54, 1.807) is 24.3 Å². The molecule has 1 aromatic heterocycles. The molecule has 138 valence electrons. The lowest BCUT2D eigenvalue weighted by Gasteiger charge is -2.11. The molecule has 6 nitrogen and oxygen atoms in total. The number of nitrogens with zero attached hydrogens (tertiary/aromatic N) is 2. The lowest BCUT2D eigenvalue weighted by atomic mass is 10.2. The highest BCUT2D eigenvalue weighted by atomic mass is 35.5. The van der Waals surface area contributed by atoms with Gasteiger partial charge in [-0.3, -0.25) is 4.79 Å². The number of carbonyl (C=O) groups is 1. The Kier molecular flexibility index (Phi) is 4.24. The van der Waals surface area contributed by atoms with Crippen molar-refractivity contribution >= 4 is 33.2 Å². The van der Waals surface area contributed by atoms with E-state index in [4.69, 9.17) is 11.6 Å². The van der Waals surface area contributed by atoms with Gasteiger partial charge in [0, 0.05) is 16.1 Å². The molecule has 0 saturated carbocycles. The second-order valence-corrected chi connectivity index (χ2v) is 8.66. The summed E-state index contributed by atoms with van der Waals surface area (Å²) in [7, 11) is -3.30. The minimum Gasteiger partial charge on any atom is -0.306 e. The monoisotopic (exact) mass is 405 g/mol. The standard InChI is InChI=1S/C18H13ClFN3O3S/c19-12-2-1-3-14(8-12)23-17(15-9-27(25,26)10-16(15)22-23)21-18(24)11-4-6-13(20)7-5-11/h1-8H,9-10H2,(H,21,24). The van der Waals surface area contributed by atoms with Crippen molar-refractivity contribution in [3.8, 4) is 5.69 Å². The Hall–Kier alpha value is -2.71. The topological polar surface area (TPSA) is 81.1 Å². The highest BCUT2D eigenvalue weighted by Crippen LogP contribution is 2.33. The maximum atomic E-state index is 13.1. The Morgan fingerprint density at radius 2 is 1.89 bits per heavy atom. The summed E-state index contributed by atoms with van der Waals surface area (Å²) in [5, 5.41) is 7.55. The summed E-state index contributed by atoms with van der Waals surface area (Å²) in [4.78, 5) is 12.6. The van der Waals surface area contributed by atoms with Gasteiger partial charge in [0.2, 0.25) is 0 Å². The molecular weight excluding hydrogens is 393 g/mol. The predicted molar refractivity (Wildman–Crippen MR) is 99.3 cm³/mol. The third kappa shape index (κ3) is 3.45. The first-order valence-electron chi connectivity index (χ1n) is 7.96. The second kappa shape index (κ2) is 6.47. The molecule has 4 rings (SSSR count). The van der Waals surface area contributed by atoms with Crippen molar-refractivity contribution in [1.82, 2.24) is 9.78 Å². The fraction of sp³-hybridized carbons (Fsp3) is 0.111. The first kappa shape index (κ1) is 17.7. The number of nitrogens with one attached hydrogen (secondary N) is 1. The summed E-state index contributed by atoms with van der Waals surface area (Å²) in [5.74, 6) is -1.08. The van der Waals surface area contributed by atoms with Crippen LogP contribution in [0.25, 0.3) is 5.69 Å². The lowest BCUT2D eigenvalue weighted by molar-refractivity contribution is 0.102. The highest BCUT2D eigenvalue weighted by molar-refractivity contribution is 7.90. The average molecular weight is 406 g/mol. The molecule has 0 fully saturated rings. The fourth-order valence-electron chi connectivity index (χ4n) is 2.95. The van der Waals surface area contributed by atoms with Gasteiger partial charge in [0.1, 0.15) is 11.6 Å². The number of amides is 1. The molecule has 1 amide bonds. The smallest absolute Gasteiger partial charge is 0.256 e. The number of anilines is 1. The maximum absolute atomic E-state index is 13.1. The zero-order valence-electron chi connectivity index (χ0n) is 13.8. The van der Waals surface area contributed by atoms with Gasteiger partial charge in [-0.05, 0) is 42.5 Å². The fourth-order valence-corrected chi connectivity index (χ4v) is 4.62. The van der Waals surface area contributed by atoms with E-state index < -0.39 is 21.6 Å². The van der Waals surface area contributed by atoms with E-state index in [9.17, 15) is 17.6 Å². The molecule has 0 bridgehead atoms. The van der Waals surface area contributed by atoms with Crippen LogP contribution in [-0.4, -0.2) is 24.1 Å². The van der Waals surface area contributed by atoms with E-state index in [1.807, 2.05) is 0 Å². The number of hydrogen-bond acceptors (Lipinski definition) is 4. The molecule has 0 saturated heterocycles. The van der Waals surface area contributed by atoms with Crippen molar-refractivity contribution in [2.24, 2.45) is 0 Å². The van der Waals surface area contributed by atoms with Crippen LogP contribution in [-0.2, 0) is 21.3 Å². The SMILES string of the molecule is O=C(Nc1c2c(nn1-c1cccc(Cl)c1)CS(=O)(=O)C2)c1ccc(F)cc1. The number of hydrogen-bond donors (Lipinski definition) is 1. The minimum absolute atomic E-state index is 0.185. The number of fused-ring (bicyclic) bond motifs is 1. The van der Waals surface area contributed by atoms with Crippen LogP contribution in [0.4, 0.5) is 10.2 Å². The third-order valence-electron chi connectivity index (χ3n) is 4.18. The number of halogens is 2.